The lowest BCUT2D eigenvalue weighted by atomic mass is 10.3. The van der Waals surface area contributed by atoms with E-state index in [1.807, 2.05) is 13.0 Å². The monoisotopic (exact) mass is 142 g/mol. The van der Waals surface area contributed by atoms with Gasteiger partial charge in [-0.15, -0.1) is 0 Å². The minimum atomic E-state index is -0.115. The molecular weight excluding hydrogens is 127 g/mol. The average Bonchev–Trinajstić information content (AvgIpc) is 1.89. The molecule has 0 nitrogen and oxygen atoms in total. The minimum Gasteiger partial charge on any atom is -0.207 e. The van der Waals surface area contributed by atoms with E-state index in [0.29, 0.717) is 0 Å². The molecule has 0 bridgehead atoms. The summed E-state index contributed by atoms with van der Waals surface area (Å²) < 4.78 is 12.5. The maximum absolute atomic E-state index is 12.5. The van der Waals surface area contributed by atoms with Crippen LogP contribution in [0.5, 0.6) is 0 Å². The van der Waals surface area contributed by atoms with Gasteiger partial charge >= 0.3 is 0 Å². The lowest BCUT2D eigenvalue weighted by molar-refractivity contribution is 0.660. The van der Waals surface area contributed by atoms with Crippen molar-refractivity contribution >= 4 is 0 Å². The second-order valence-corrected chi connectivity index (χ2v) is 2.19. The Morgan fingerprint density at radius 2 is 2.10 bits per heavy atom. The maximum atomic E-state index is 12.5. The molecule has 0 aliphatic heterocycles. The van der Waals surface area contributed by atoms with Crippen LogP contribution in [0, 0.1) is 0 Å². The average molecular weight is 142 g/mol. The first-order chi connectivity index (χ1) is 4.81. The van der Waals surface area contributed by atoms with E-state index < -0.39 is 0 Å². The molecule has 0 radical (unpaired) electrons. The predicted octanol–water partition coefficient (Wildman–Crippen LogP) is 3.61. The number of allylic oxidation sites excluding steroid dienone is 4. The first-order valence-corrected chi connectivity index (χ1v) is 3.83. The first kappa shape index (κ1) is 9.41. The van der Waals surface area contributed by atoms with Crippen LogP contribution in [0.2, 0.25) is 0 Å². The van der Waals surface area contributed by atoms with Crippen LogP contribution in [0.3, 0.4) is 0 Å². The molecule has 0 unspecified atom stereocenters. The van der Waals surface area contributed by atoms with E-state index in [9.17, 15) is 4.39 Å². The number of rotatable bonds is 4. The van der Waals surface area contributed by atoms with Crippen molar-refractivity contribution < 1.29 is 4.39 Å². The second kappa shape index (κ2) is 6.53. The molecule has 0 rings (SSSR count). The van der Waals surface area contributed by atoms with Gasteiger partial charge in [-0.05, 0) is 25.0 Å². The molecule has 10 heavy (non-hydrogen) atoms. The summed E-state index contributed by atoms with van der Waals surface area (Å²) >= 11 is 0. The summed E-state index contributed by atoms with van der Waals surface area (Å²) in [5, 5.41) is 0. The van der Waals surface area contributed by atoms with Crippen LogP contribution in [-0.2, 0) is 0 Å². The standard InChI is InChI=1S/C9H15F/c1-3-5-6-8-9(10)7-4-2/h6-8H,3-5H2,1-2H3/b8-6-,9-7-. The van der Waals surface area contributed by atoms with Crippen molar-refractivity contribution in [3.63, 3.8) is 0 Å². The largest absolute Gasteiger partial charge is 0.207 e. The van der Waals surface area contributed by atoms with Crippen LogP contribution >= 0.6 is 0 Å². The fourth-order valence-corrected chi connectivity index (χ4v) is 0.626. The van der Waals surface area contributed by atoms with Gasteiger partial charge in [-0.3, -0.25) is 0 Å². The van der Waals surface area contributed by atoms with Crippen LogP contribution in [0.15, 0.2) is 24.1 Å². The van der Waals surface area contributed by atoms with Crippen LogP contribution in [0.25, 0.3) is 0 Å². The summed E-state index contributed by atoms with van der Waals surface area (Å²) in [7, 11) is 0. The number of unbranched alkanes of at least 4 members (excludes halogenated alkanes) is 1. The predicted molar refractivity (Wildman–Crippen MR) is 43.5 cm³/mol. The van der Waals surface area contributed by atoms with Gasteiger partial charge in [0.05, 0.1) is 0 Å². The summed E-state index contributed by atoms with van der Waals surface area (Å²) in [6.07, 6.45) is 7.78. The van der Waals surface area contributed by atoms with Gasteiger partial charge in [-0.2, -0.15) is 0 Å². The summed E-state index contributed by atoms with van der Waals surface area (Å²) in [4.78, 5) is 0. The van der Waals surface area contributed by atoms with Crippen molar-refractivity contribution in [1.82, 2.24) is 0 Å². The molecule has 0 amide bonds. The fraction of sp³-hybridized carbons (Fsp3) is 0.556. The van der Waals surface area contributed by atoms with E-state index in [1.165, 1.54) is 6.08 Å². The minimum absolute atomic E-state index is 0.115. The molecule has 58 valence electrons. The third-order valence-electron chi connectivity index (χ3n) is 1.13. The molecule has 0 saturated carbocycles. The molecule has 0 spiro atoms. The van der Waals surface area contributed by atoms with Crippen LogP contribution in [0.1, 0.15) is 33.1 Å². The highest BCUT2D eigenvalue weighted by molar-refractivity contribution is 5.10. The normalized spacial score (nSPS) is 12.9. The van der Waals surface area contributed by atoms with Crippen molar-refractivity contribution in [3.8, 4) is 0 Å². The number of hydrogen-bond donors (Lipinski definition) is 0. The molecular formula is C9H15F. The van der Waals surface area contributed by atoms with Crippen LogP contribution in [0.4, 0.5) is 4.39 Å². The third-order valence-corrected chi connectivity index (χ3v) is 1.13. The topological polar surface area (TPSA) is 0 Å². The Labute approximate surface area is 62.4 Å². The van der Waals surface area contributed by atoms with Crippen LogP contribution < -0.4 is 0 Å². The Kier molecular flexibility index (Phi) is 6.14. The second-order valence-electron chi connectivity index (χ2n) is 2.19. The smallest absolute Gasteiger partial charge is 0.118 e. The van der Waals surface area contributed by atoms with E-state index in [0.717, 1.165) is 19.3 Å². The molecule has 0 atom stereocenters. The fourth-order valence-electron chi connectivity index (χ4n) is 0.626. The van der Waals surface area contributed by atoms with Gasteiger partial charge in [0.1, 0.15) is 5.83 Å². The highest BCUT2D eigenvalue weighted by Gasteiger charge is 1.82. The van der Waals surface area contributed by atoms with E-state index in [4.69, 9.17) is 0 Å². The Morgan fingerprint density at radius 3 is 2.60 bits per heavy atom. The zero-order valence-corrected chi connectivity index (χ0v) is 6.73. The zero-order valence-electron chi connectivity index (χ0n) is 6.73. The molecule has 0 aromatic carbocycles. The van der Waals surface area contributed by atoms with E-state index >= 15 is 0 Å². The quantitative estimate of drug-likeness (QED) is 0.526. The van der Waals surface area contributed by atoms with Crippen molar-refractivity contribution in [2.45, 2.75) is 33.1 Å². The lowest BCUT2D eigenvalue weighted by Gasteiger charge is -1.85. The van der Waals surface area contributed by atoms with Gasteiger partial charge in [0.15, 0.2) is 0 Å². The summed E-state index contributed by atoms with van der Waals surface area (Å²) in [6, 6.07) is 0. The Bertz CT molecular complexity index is 123. The molecule has 0 aliphatic carbocycles. The lowest BCUT2D eigenvalue weighted by Crippen LogP contribution is -1.66. The van der Waals surface area contributed by atoms with Crippen LogP contribution in [-0.4, -0.2) is 0 Å². The number of halogens is 1. The molecule has 1 heteroatoms. The molecule has 0 aliphatic rings. The Hall–Kier alpha value is -0.590. The molecule has 0 saturated heterocycles. The molecule has 0 aromatic heterocycles. The summed E-state index contributed by atoms with van der Waals surface area (Å²) in [5.74, 6) is -0.115. The van der Waals surface area contributed by atoms with Gasteiger partial charge in [0.2, 0.25) is 0 Å². The highest BCUT2D eigenvalue weighted by Crippen LogP contribution is 2.01. The zero-order chi connectivity index (χ0) is 7.82. The Morgan fingerprint density at radius 1 is 1.40 bits per heavy atom. The van der Waals surface area contributed by atoms with Gasteiger partial charge in [-0.25, -0.2) is 4.39 Å². The van der Waals surface area contributed by atoms with Crippen molar-refractivity contribution in [2.75, 3.05) is 0 Å². The van der Waals surface area contributed by atoms with Gasteiger partial charge < -0.3 is 0 Å². The van der Waals surface area contributed by atoms with Gasteiger partial charge in [-0.1, -0.05) is 26.3 Å². The molecule has 0 aromatic rings. The summed E-state index contributed by atoms with van der Waals surface area (Å²) in [5.41, 5.74) is 0. The Balaban J connectivity index is 3.55. The van der Waals surface area contributed by atoms with E-state index in [1.54, 1.807) is 6.08 Å². The third kappa shape index (κ3) is 5.54. The van der Waals surface area contributed by atoms with Crippen molar-refractivity contribution in [3.05, 3.63) is 24.1 Å². The first-order valence-electron chi connectivity index (χ1n) is 3.83. The molecule has 0 heterocycles. The molecule has 0 fully saturated rings. The van der Waals surface area contributed by atoms with Gasteiger partial charge in [0.25, 0.3) is 0 Å². The van der Waals surface area contributed by atoms with Gasteiger partial charge in [0, 0.05) is 0 Å². The SMILES string of the molecule is CC/C=C(F)/C=C\CCC. The maximum Gasteiger partial charge on any atom is 0.118 e. The van der Waals surface area contributed by atoms with E-state index in [2.05, 4.69) is 6.92 Å². The molecule has 0 N–H and O–H groups in total. The van der Waals surface area contributed by atoms with E-state index in [-0.39, 0.29) is 5.83 Å². The van der Waals surface area contributed by atoms with Crippen molar-refractivity contribution in [1.29, 1.82) is 0 Å². The summed E-state index contributed by atoms with van der Waals surface area (Å²) in [6.45, 7) is 4.00. The highest BCUT2D eigenvalue weighted by atomic mass is 19.1. The van der Waals surface area contributed by atoms with Crippen molar-refractivity contribution in [2.24, 2.45) is 0 Å². The number of hydrogen-bond acceptors (Lipinski definition) is 0.